The quantitative estimate of drug-likeness (QED) is 0.511. The van der Waals surface area contributed by atoms with Gasteiger partial charge in [0.25, 0.3) is 0 Å². The Morgan fingerprint density at radius 2 is 1.57 bits per heavy atom. The molecule has 2 heterocycles. The first-order valence-electron chi connectivity index (χ1n) is 12.3. The lowest BCUT2D eigenvalue weighted by Gasteiger charge is -2.41. The van der Waals surface area contributed by atoms with Crippen molar-refractivity contribution in [2.45, 2.75) is 125 Å². The third-order valence-corrected chi connectivity index (χ3v) is 5.58. The molecule has 4 atom stereocenters. The van der Waals surface area contributed by atoms with E-state index in [2.05, 4.69) is 51.9 Å². The molecule has 2 rings (SSSR count). The van der Waals surface area contributed by atoms with Crippen LogP contribution in [0.25, 0.3) is 0 Å². The Labute approximate surface area is 177 Å². The molecule has 0 aliphatic carbocycles. The zero-order chi connectivity index (χ0) is 21.4. The molecule has 170 valence electrons. The van der Waals surface area contributed by atoms with Gasteiger partial charge in [0, 0.05) is 12.5 Å². The van der Waals surface area contributed by atoms with Crippen LogP contribution >= 0.6 is 0 Å². The van der Waals surface area contributed by atoms with E-state index in [0.29, 0.717) is 5.92 Å². The van der Waals surface area contributed by atoms with Crippen molar-refractivity contribution in [3.8, 4) is 0 Å². The van der Waals surface area contributed by atoms with Gasteiger partial charge in [0.15, 0.2) is 0 Å². The molecule has 4 nitrogen and oxygen atoms in total. The summed E-state index contributed by atoms with van der Waals surface area (Å²) in [6.45, 7) is 20.8. The van der Waals surface area contributed by atoms with E-state index in [1.165, 1.54) is 58.0 Å². The van der Waals surface area contributed by atoms with Crippen LogP contribution in [0.15, 0.2) is 0 Å². The molecule has 0 aromatic carbocycles. The van der Waals surface area contributed by atoms with E-state index in [1.54, 1.807) is 0 Å². The summed E-state index contributed by atoms with van der Waals surface area (Å²) in [5, 5.41) is 0. The predicted octanol–water partition coefficient (Wildman–Crippen LogP) is 6.40. The highest BCUT2D eigenvalue weighted by atomic mass is 16.7. The van der Waals surface area contributed by atoms with Gasteiger partial charge in [-0.1, -0.05) is 74.1 Å². The van der Waals surface area contributed by atoms with E-state index in [4.69, 9.17) is 9.57 Å². The van der Waals surface area contributed by atoms with Crippen molar-refractivity contribution < 1.29 is 9.57 Å². The Hall–Kier alpha value is -0.160. The van der Waals surface area contributed by atoms with Crippen LogP contribution in [0.3, 0.4) is 0 Å². The maximum Gasteiger partial charge on any atom is 0.133 e. The van der Waals surface area contributed by atoms with Crippen molar-refractivity contribution in [3.63, 3.8) is 0 Å². The van der Waals surface area contributed by atoms with Crippen LogP contribution in [0.4, 0.5) is 0 Å². The number of piperidine rings is 1. The first kappa shape index (κ1) is 27.8. The number of hydrogen-bond donors (Lipinski definition) is 1. The zero-order valence-corrected chi connectivity index (χ0v) is 20.4. The van der Waals surface area contributed by atoms with Gasteiger partial charge in [0.1, 0.15) is 18.4 Å². The van der Waals surface area contributed by atoms with E-state index in [9.17, 15) is 0 Å². The number of nitrogens with one attached hydrogen (secondary N) is 1. The zero-order valence-electron chi connectivity index (χ0n) is 20.4. The standard InChI is InChI=1S/C16H32N2O2.C6H14.C2H6/c1-4-9-14(5-2)16-17-20-13(3)15(19-16)12-18-10-7-6-8-11-18;1-4-5-6(2)3;1-2/h13-17H,4-12H2,1-3H3;6H,4-5H2,1-3H3;1-2H3. The van der Waals surface area contributed by atoms with Gasteiger partial charge in [-0.2, -0.15) is 5.48 Å². The summed E-state index contributed by atoms with van der Waals surface area (Å²) in [7, 11) is 0. The topological polar surface area (TPSA) is 33.7 Å². The molecule has 0 saturated carbocycles. The second-order valence-electron chi connectivity index (χ2n) is 8.54. The average molecular weight is 401 g/mol. The van der Waals surface area contributed by atoms with Gasteiger partial charge in [-0.15, -0.1) is 0 Å². The second kappa shape index (κ2) is 17.7. The summed E-state index contributed by atoms with van der Waals surface area (Å²) in [5.74, 6) is 1.45. The summed E-state index contributed by atoms with van der Waals surface area (Å²) < 4.78 is 6.33. The molecular formula is C24H52N2O2. The Balaban J connectivity index is 0.000000780. The number of likely N-dealkylation sites (tertiary alicyclic amines) is 1. The molecule has 0 amide bonds. The molecule has 0 bridgehead atoms. The number of ether oxygens (including phenoxy) is 1. The maximum absolute atomic E-state index is 6.33. The van der Waals surface area contributed by atoms with Crippen molar-refractivity contribution >= 4 is 0 Å². The van der Waals surface area contributed by atoms with Gasteiger partial charge in [-0.05, 0) is 51.6 Å². The first-order chi connectivity index (χ1) is 13.5. The van der Waals surface area contributed by atoms with Gasteiger partial charge >= 0.3 is 0 Å². The van der Waals surface area contributed by atoms with Crippen LogP contribution in [0.2, 0.25) is 0 Å². The van der Waals surface area contributed by atoms with Crippen LogP contribution in [0, 0.1) is 11.8 Å². The Kier molecular flexibility index (Phi) is 17.6. The fourth-order valence-corrected chi connectivity index (χ4v) is 3.89. The normalized spacial score (nSPS) is 26.7. The lowest BCUT2D eigenvalue weighted by atomic mass is 9.98. The smallest absolute Gasteiger partial charge is 0.133 e. The van der Waals surface area contributed by atoms with Crippen LogP contribution in [-0.4, -0.2) is 43.0 Å². The fourth-order valence-electron chi connectivity index (χ4n) is 3.89. The third kappa shape index (κ3) is 11.7. The Morgan fingerprint density at radius 1 is 0.964 bits per heavy atom. The van der Waals surface area contributed by atoms with E-state index in [0.717, 1.165) is 18.9 Å². The number of hydrogen-bond acceptors (Lipinski definition) is 4. The second-order valence-corrected chi connectivity index (χ2v) is 8.54. The van der Waals surface area contributed by atoms with E-state index in [1.807, 2.05) is 13.8 Å². The van der Waals surface area contributed by atoms with E-state index >= 15 is 0 Å². The van der Waals surface area contributed by atoms with Crippen molar-refractivity contribution in [1.29, 1.82) is 0 Å². The van der Waals surface area contributed by atoms with Gasteiger partial charge < -0.3 is 9.64 Å². The van der Waals surface area contributed by atoms with Crippen molar-refractivity contribution in [2.75, 3.05) is 19.6 Å². The molecule has 1 N–H and O–H groups in total. The van der Waals surface area contributed by atoms with Gasteiger partial charge in [0.2, 0.25) is 0 Å². The molecule has 2 fully saturated rings. The van der Waals surface area contributed by atoms with Gasteiger partial charge in [-0.25, -0.2) is 0 Å². The molecule has 0 spiro atoms. The van der Waals surface area contributed by atoms with Crippen LogP contribution < -0.4 is 5.48 Å². The first-order valence-corrected chi connectivity index (χ1v) is 12.3. The van der Waals surface area contributed by atoms with Gasteiger partial charge in [0.05, 0.1) is 0 Å². The molecule has 0 aromatic heterocycles. The summed E-state index contributed by atoms with van der Waals surface area (Å²) in [6, 6.07) is 0. The number of rotatable bonds is 8. The molecule has 2 aliphatic heterocycles. The van der Waals surface area contributed by atoms with Crippen LogP contribution in [0.1, 0.15) is 107 Å². The Bertz CT molecular complexity index is 333. The monoisotopic (exact) mass is 400 g/mol. The van der Waals surface area contributed by atoms with Crippen molar-refractivity contribution in [1.82, 2.24) is 10.4 Å². The molecule has 0 aromatic rings. The molecular weight excluding hydrogens is 348 g/mol. The third-order valence-electron chi connectivity index (χ3n) is 5.58. The summed E-state index contributed by atoms with van der Waals surface area (Å²) in [5.41, 5.74) is 3.13. The maximum atomic E-state index is 6.33. The van der Waals surface area contributed by atoms with Crippen molar-refractivity contribution in [3.05, 3.63) is 0 Å². The fraction of sp³-hybridized carbons (Fsp3) is 1.00. The summed E-state index contributed by atoms with van der Waals surface area (Å²) in [6.07, 6.45) is 10.7. The Morgan fingerprint density at radius 3 is 2.04 bits per heavy atom. The molecule has 28 heavy (non-hydrogen) atoms. The van der Waals surface area contributed by atoms with Crippen LogP contribution in [0.5, 0.6) is 0 Å². The summed E-state index contributed by atoms with van der Waals surface area (Å²) in [4.78, 5) is 8.31. The summed E-state index contributed by atoms with van der Waals surface area (Å²) >= 11 is 0. The molecule has 4 heteroatoms. The number of hydroxylamine groups is 1. The van der Waals surface area contributed by atoms with E-state index in [-0.39, 0.29) is 18.4 Å². The predicted molar refractivity (Wildman–Crippen MR) is 122 cm³/mol. The highest BCUT2D eigenvalue weighted by Gasteiger charge is 2.34. The minimum Gasteiger partial charge on any atom is -0.354 e. The lowest BCUT2D eigenvalue weighted by Crippen LogP contribution is -2.55. The molecule has 0 radical (unpaired) electrons. The number of nitrogens with zero attached hydrogens (tertiary/aromatic N) is 1. The highest BCUT2D eigenvalue weighted by molar-refractivity contribution is 4.79. The lowest BCUT2D eigenvalue weighted by molar-refractivity contribution is -0.249. The average Bonchev–Trinajstić information content (AvgIpc) is 2.71. The van der Waals surface area contributed by atoms with Crippen LogP contribution in [-0.2, 0) is 9.57 Å². The van der Waals surface area contributed by atoms with Crippen molar-refractivity contribution in [2.24, 2.45) is 11.8 Å². The minimum atomic E-state index is 0.0611. The minimum absolute atomic E-state index is 0.0611. The molecule has 4 unspecified atom stereocenters. The highest BCUT2D eigenvalue weighted by Crippen LogP contribution is 2.24. The molecule has 2 aliphatic rings. The SMILES string of the molecule is CC.CCCC(C)C.CCCC(CC)C1NOC(C)C(CN2CCCCC2)O1. The largest absolute Gasteiger partial charge is 0.354 e. The molecule has 2 saturated heterocycles. The van der Waals surface area contributed by atoms with E-state index < -0.39 is 0 Å². The van der Waals surface area contributed by atoms with Gasteiger partial charge in [-0.3, -0.25) is 4.84 Å².